The summed E-state index contributed by atoms with van der Waals surface area (Å²) in [5.41, 5.74) is 2.28. The molecule has 0 saturated heterocycles. The van der Waals surface area contributed by atoms with E-state index in [0.717, 1.165) is 11.3 Å². The van der Waals surface area contributed by atoms with Gasteiger partial charge in [0.15, 0.2) is 0 Å². The Morgan fingerprint density at radius 1 is 0.846 bits per heavy atom. The molecule has 0 fully saturated rings. The molecule has 142 valence electrons. The molecular formula is C17H24N2O5SSi. The van der Waals surface area contributed by atoms with Crippen molar-refractivity contribution in [2.24, 2.45) is 0 Å². The number of aryl methyl sites for hydroxylation is 1. The van der Waals surface area contributed by atoms with Crippen LogP contribution in [0.5, 0.6) is 0 Å². The molecule has 7 nitrogen and oxygen atoms in total. The largest absolute Gasteiger partial charge is 0.520 e. The van der Waals surface area contributed by atoms with Crippen molar-refractivity contribution in [1.29, 1.82) is 0 Å². The van der Waals surface area contributed by atoms with E-state index in [1.54, 1.807) is 69.9 Å². The predicted octanol–water partition coefficient (Wildman–Crippen LogP) is 2.63. The zero-order chi connectivity index (χ0) is 19.2. The molecule has 0 aromatic heterocycles. The maximum atomic E-state index is 12.4. The van der Waals surface area contributed by atoms with Crippen LogP contribution in [0, 0.1) is 6.92 Å². The van der Waals surface area contributed by atoms with Crippen molar-refractivity contribution in [2.75, 3.05) is 37.5 Å². The van der Waals surface area contributed by atoms with Crippen LogP contribution in [0.25, 0.3) is 0 Å². The second kappa shape index (κ2) is 8.65. The third kappa shape index (κ3) is 5.05. The Kier molecular flexibility index (Phi) is 6.79. The molecule has 2 rings (SSSR count). The summed E-state index contributed by atoms with van der Waals surface area (Å²) in [7, 11) is -1.70. The smallest absolute Gasteiger partial charge is 0.381 e. The summed E-state index contributed by atoms with van der Waals surface area (Å²) in [5, 5.41) is 3.18. The highest BCUT2D eigenvalue weighted by Gasteiger charge is 2.37. The van der Waals surface area contributed by atoms with Gasteiger partial charge in [0.2, 0.25) is 0 Å². The van der Waals surface area contributed by atoms with E-state index >= 15 is 0 Å². The van der Waals surface area contributed by atoms with Crippen molar-refractivity contribution in [3.05, 3.63) is 54.1 Å². The van der Waals surface area contributed by atoms with Crippen molar-refractivity contribution in [2.45, 2.75) is 11.8 Å². The molecule has 0 atom stereocenters. The fourth-order valence-corrected chi connectivity index (χ4v) is 4.68. The van der Waals surface area contributed by atoms with Crippen LogP contribution >= 0.6 is 0 Å². The van der Waals surface area contributed by atoms with Crippen molar-refractivity contribution in [3.63, 3.8) is 0 Å². The van der Waals surface area contributed by atoms with Gasteiger partial charge in [-0.25, -0.2) is 8.42 Å². The molecule has 0 radical (unpaired) electrons. The predicted molar refractivity (Wildman–Crippen MR) is 104 cm³/mol. The van der Waals surface area contributed by atoms with E-state index in [0.29, 0.717) is 11.9 Å². The number of nitrogens with one attached hydrogen (secondary N) is 2. The van der Waals surface area contributed by atoms with Crippen molar-refractivity contribution < 1.29 is 21.7 Å². The highest BCUT2D eigenvalue weighted by molar-refractivity contribution is 7.92. The number of sulfonamides is 1. The normalized spacial score (nSPS) is 12.0. The fraction of sp³-hybridized carbons (Fsp3) is 0.294. The molecule has 9 heteroatoms. The summed E-state index contributed by atoms with van der Waals surface area (Å²) in [5.74, 6) is 0. The Labute approximate surface area is 155 Å². The summed E-state index contributed by atoms with van der Waals surface area (Å²) in [4.78, 5) is 0.223. The maximum Gasteiger partial charge on any atom is 0.520 e. The van der Waals surface area contributed by atoms with E-state index < -0.39 is 18.8 Å². The van der Waals surface area contributed by atoms with Crippen LogP contribution in [0.2, 0.25) is 0 Å². The molecule has 0 aliphatic heterocycles. The minimum absolute atomic E-state index is 0.223. The third-order valence-corrected chi connectivity index (χ3v) is 7.78. The number of anilines is 2. The Hall–Kier alpha value is -1.91. The van der Waals surface area contributed by atoms with E-state index in [2.05, 4.69) is 10.0 Å². The summed E-state index contributed by atoms with van der Waals surface area (Å²) < 4.78 is 43.4. The minimum atomic E-state index is -3.61. The quantitative estimate of drug-likeness (QED) is 0.634. The van der Waals surface area contributed by atoms with E-state index in [-0.39, 0.29) is 4.90 Å². The van der Waals surface area contributed by atoms with Crippen LogP contribution in [0.1, 0.15) is 5.56 Å². The molecule has 0 aliphatic rings. The van der Waals surface area contributed by atoms with Gasteiger partial charge in [-0.15, -0.1) is 0 Å². The highest BCUT2D eigenvalue weighted by Crippen LogP contribution is 2.19. The van der Waals surface area contributed by atoms with Gasteiger partial charge in [-0.05, 0) is 43.3 Å². The Morgan fingerprint density at radius 3 is 1.85 bits per heavy atom. The number of hydrogen-bond donors (Lipinski definition) is 2. The van der Waals surface area contributed by atoms with Gasteiger partial charge >= 0.3 is 8.80 Å². The van der Waals surface area contributed by atoms with Crippen LogP contribution in [0.3, 0.4) is 0 Å². The molecule has 26 heavy (non-hydrogen) atoms. The minimum Gasteiger partial charge on any atom is -0.381 e. The monoisotopic (exact) mass is 396 g/mol. The molecule has 2 aromatic rings. The molecule has 0 heterocycles. The van der Waals surface area contributed by atoms with Crippen molar-refractivity contribution >= 4 is 30.2 Å². The first-order valence-electron chi connectivity index (χ1n) is 7.93. The van der Waals surface area contributed by atoms with Gasteiger partial charge in [0.05, 0.1) is 11.1 Å². The molecule has 0 aliphatic carbocycles. The summed E-state index contributed by atoms with van der Waals surface area (Å²) in [6, 6.07) is 13.6. The number of rotatable bonds is 9. The van der Waals surface area contributed by atoms with Crippen LogP contribution in [0.15, 0.2) is 53.4 Å². The van der Waals surface area contributed by atoms with Crippen molar-refractivity contribution in [1.82, 2.24) is 0 Å². The zero-order valence-electron chi connectivity index (χ0n) is 15.3. The lowest BCUT2D eigenvalue weighted by atomic mass is 10.2. The van der Waals surface area contributed by atoms with Crippen LogP contribution in [-0.4, -0.2) is 44.7 Å². The topological polar surface area (TPSA) is 85.9 Å². The van der Waals surface area contributed by atoms with E-state index in [9.17, 15) is 8.42 Å². The van der Waals surface area contributed by atoms with Gasteiger partial charge in [0.1, 0.15) is 0 Å². The van der Waals surface area contributed by atoms with Crippen LogP contribution in [0.4, 0.5) is 11.4 Å². The molecule has 0 spiro atoms. The first-order valence-corrected chi connectivity index (χ1v) is 11.3. The molecule has 2 N–H and O–H groups in total. The van der Waals surface area contributed by atoms with E-state index in [1.807, 2.05) is 6.92 Å². The SMILES string of the molecule is CO[Si](CNc1ccc(NS(=O)(=O)c2ccc(C)cc2)cc1)(OC)OC. The highest BCUT2D eigenvalue weighted by atomic mass is 32.2. The summed E-state index contributed by atoms with van der Waals surface area (Å²) >= 11 is 0. The van der Waals surface area contributed by atoms with E-state index in [1.165, 1.54) is 0 Å². The van der Waals surface area contributed by atoms with Crippen LogP contribution in [-0.2, 0) is 23.3 Å². The Morgan fingerprint density at radius 2 is 1.35 bits per heavy atom. The van der Waals surface area contributed by atoms with Gasteiger partial charge in [-0.3, -0.25) is 4.72 Å². The molecule has 0 unspecified atom stereocenters. The Bertz CT molecular complexity index is 798. The Balaban J connectivity index is 2.04. The average Bonchev–Trinajstić information content (AvgIpc) is 2.65. The standard InChI is InChI=1S/C17H24N2O5SSi/c1-14-5-11-17(12-6-14)25(20,21)19-16-9-7-15(8-10-16)18-13-26(22-2,23-3)24-4/h5-12,18-19H,13H2,1-4H3. The van der Waals surface area contributed by atoms with Gasteiger partial charge < -0.3 is 18.6 Å². The lowest BCUT2D eigenvalue weighted by molar-refractivity contribution is 0.127. The lowest BCUT2D eigenvalue weighted by Crippen LogP contribution is -2.49. The number of benzene rings is 2. The first kappa shape index (κ1) is 20.4. The van der Waals surface area contributed by atoms with E-state index in [4.69, 9.17) is 13.3 Å². The summed E-state index contributed by atoms with van der Waals surface area (Å²) in [6.07, 6.45) is 0.394. The van der Waals surface area contributed by atoms with Crippen molar-refractivity contribution in [3.8, 4) is 0 Å². The van der Waals surface area contributed by atoms with Gasteiger partial charge in [0, 0.05) is 32.7 Å². The fourth-order valence-electron chi connectivity index (χ4n) is 2.26. The third-order valence-electron chi connectivity index (χ3n) is 3.91. The lowest BCUT2D eigenvalue weighted by Gasteiger charge is -2.24. The first-order chi connectivity index (χ1) is 12.3. The summed E-state index contributed by atoms with van der Waals surface area (Å²) in [6.45, 7) is 1.91. The molecule has 0 saturated carbocycles. The molecule has 0 bridgehead atoms. The second-order valence-electron chi connectivity index (χ2n) is 5.64. The zero-order valence-corrected chi connectivity index (χ0v) is 17.1. The number of hydrogen-bond acceptors (Lipinski definition) is 6. The second-order valence-corrected chi connectivity index (χ2v) is 10.3. The molecule has 2 aromatic carbocycles. The maximum absolute atomic E-state index is 12.4. The van der Waals surface area contributed by atoms with Gasteiger partial charge in [-0.2, -0.15) is 0 Å². The average molecular weight is 397 g/mol. The van der Waals surface area contributed by atoms with Gasteiger partial charge in [-0.1, -0.05) is 17.7 Å². The molecule has 0 amide bonds. The van der Waals surface area contributed by atoms with Gasteiger partial charge in [0.25, 0.3) is 10.0 Å². The van der Waals surface area contributed by atoms with Crippen LogP contribution < -0.4 is 10.0 Å². The molecular weight excluding hydrogens is 372 g/mol.